The van der Waals surface area contributed by atoms with Crippen LogP contribution in [-0.2, 0) is 9.59 Å². The summed E-state index contributed by atoms with van der Waals surface area (Å²) in [5, 5.41) is 9.84. The second-order valence-electron chi connectivity index (χ2n) is 6.80. The summed E-state index contributed by atoms with van der Waals surface area (Å²) in [6.07, 6.45) is 4.02. The van der Waals surface area contributed by atoms with Gasteiger partial charge in [0.15, 0.2) is 0 Å². The summed E-state index contributed by atoms with van der Waals surface area (Å²) in [6, 6.07) is 11.3. The molecule has 1 aliphatic heterocycles. The monoisotopic (exact) mass is 465 g/mol. The van der Waals surface area contributed by atoms with Crippen molar-refractivity contribution in [1.82, 2.24) is 4.90 Å². The van der Waals surface area contributed by atoms with Crippen LogP contribution in [0, 0.1) is 5.92 Å². The van der Waals surface area contributed by atoms with E-state index < -0.39 is 5.97 Å². The molecule has 0 aromatic heterocycles. The third kappa shape index (κ3) is 5.31. The fourth-order valence-corrected chi connectivity index (χ4v) is 4.72. The Hall–Kier alpha value is -2.15. The van der Waals surface area contributed by atoms with E-state index >= 15 is 0 Å². The van der Waals surface area contributed by atoms with Crippen LogP contribution in [0.5, 0.6) is 5.75 Å². The zero-order valence-electron chi connectivity index (χ0n) is 16.3. The minimum Gasteiger partial charge on any atom is -0.496 e. The topological polar surface area (TPSA) is 66.8 Å². The summed E-state index contributed by atoms with van der Waals surface area (Å²) >= 11 is 14.4. The number of halogens is 2. The number of benzene rings is 2. The quantitative estimate of drug-likeness (QED) is 0.571. The number of likely N-dealkylation sites (tertiary alicyclic amines) is 1. The third-order valence-corrected chi connectivity index (χ3v) is 7.05. The van der Waals surface area contributed by atoms with Crippen LogP contribution < -0.4 is 4.74 Å². The van der Waals surface area contributed by atoms with Crippen LogP contribution in [0.4, 0.5) is 0 Å². The van der Waals surface area contributed by atoms with Gasteiger partial charge in [-0.05, 0) is 42.7 Å². The molecular formula is C22H21Cl2NO4S. The maximum atomic E-state index is 12.4. The summed E-state index contributed by atoms with van der Waals surface area (Å²) < 4.78 is 5.37. The van der Waals surface area contributed by atoms with Gasteiger partial charge in [0.1, 0.15) is 5.75 Å². The lowest BCUT2D eigenvalue weighted by molar-refractivity contribution is -0.144. The van der Waals surface area contributed by atoms with Gasteiger partial charge in [-0.1, -0.05) is 53.2 Å². The molecule has 2 aromatic rings. The molecule has 1 saturated heterocycles. The average Bonchev–Trinajstić information content (AvgIpc) is 2.76. The van der Waals surface area contributed by atoms with Gasteiger partial charge in [-0.2, -0.15) is 0 Å². The van der Waals surface area contributed by atoms with Crippen molar-refractivity contribution >= 4 is 52.9 Å². The molecule has 0 saturated carbocycles. The number of carboxylic acid groups (broad SMARTS) is 1. The lowest BCUT2D eigenvalue weighted by Gasteiger charge is -2.29. The molecule has 1 aliphatic rings. The highest BCUT2D eigenvalue weighted by molar-refractivity contribution is 7.99. The largest absolute Gasteiger partial charge is 0.496 e. The number of carbonyl (C=O) groups is 2. The Morgan fingerprint density at radius 1 is 1.10 bits per heavy atom. The van der Waals surface area contributed by atoms with Gasteiger partial charge >= 0.3 is 5.97 Å². The number of methoxy groups -OCH3 is 1. The first-order chi connectivity index (χ1) is 14.4. The van der Waals surface area contributed by atoms with Crippen LogP contribution in [-0.4, -0.2) is 42.1 Å². The Bertz CT molecular complexity index is 972. The SMILES string of the molecule is COc1ccccc1Sc1ccc(/C=C/C(=O)N2CCC(C(=O)O)CC2)c(Cl)c1Cl. The molecule has 158 valence electrons. The van der Waals surface area contributed by atoms with Crippen molar-refractivity contribution in [3.63, 3.8) is 0 Å². The molecule has 0 unspecified atom stereocenters. The number of para-hydroxylation sites is 1. The van der Waals surface area contributed by atoms with Gasteiger partial charge in [-0.25, -0.2) is 0 Å². The van der Waals surface area contributed by atoms with Crippen molar-refractivity contribution < 1.29 is 19.4 Å². The highest BCUT2D eigenvalue weighted by Crippen LogP contribution is 2.42. The third-order valence-electron chi connectivity index (χ3n) is 4.93. The molecule has 1 fully saturated rings. The highest BCUT2D eigenvalue weighted by atomic mass is 35.5. The van der Waals surface area contributed by atoms with Gasteiger partial charge < -0.3 is 14.7 Å². The molecule has 1 heterocycles. The normalized spacial score (nSPS) is 14.8. The van der Waals surface area contributed by atoms with Crippen molar-refractivity contribution in [2.75, 3.05) is 20.2 Å². The molecule has 0 atom stereocenters. The van der Waals surface area contributed by atoms with Crippen molar-refractivity contribution in [1.29, 1.82) is 0 Å². The maximum Gasteiger partial charge on any atom is 0.306 e. The van der Waals surface area contributed by atoms with Gasteiger partial charge in [0.25, 0.3) is 0 Å². The van der Waals surface area contributed by atoms with Gasteiger partial charge in [-0.3, -0.25) is 9.59 Å². The summed E-state index contributed by atoms with van der Waals surface area (Å²) in [4.78, 5) is 26.8. The molecule has 0 bridgehead atoms. The number of nitrogens with zero attached hydrogens (tertiary/aromatic N) is 1. The Morgan fingerprint density at radius 2 is 1.80 bits per heavy atom. The first kappa shape index (κ1) is 22.5. The number of amides is 1. The Kier molecular flexibility index (Phi) is 7.69. The Morgan fingerprint density at radius 3 is 2.47 bits per heavy atom. The second-order valence-corrected chi connectivity index (χ2v) is 8.64. The number of rotatable bonds is 6. The molecule has 0 aliphatic carbocycles. The highest BCUT2D eigenvalue weighted by Gasteiger charge is 2.26. The molecule has 3 rings (SSSR count). The zero-order valence-corrected chi connectivity index (χ0v) is 18.6. The van der Waals surface area contributed by atoms with Gasteiger partial charge in [0, 0.05) is 24.1 Å². The van der Waals surface area contributed by atoms with Crippen LogP contribution in [0.3, 0.4) is 0 Å². The van der Waals surface area contributed by atoms with E-state index in [4.69, 9.17) is 33.0 Å². The first-order valence-corrected chi connectivity index (χ1v) is 11.0. The molecule has 30 heavy (non-hydrogen) atoms. The lowest BCUT2D eigenvalue weighted by atomic mass is 9.97. The number of aliphatic carboxylic acids is 1. The summed E-state index contributed by atoms with van der Waals surface area (Å²) in [5.74, 6) is -0.598. The van der Waals surface area contributed by atoms with Crippen molar-refractivity contribution in [3.05, 3.63) is 58.1 Å². The van der Waals surface area contributed by atoms with Crippen LogP contribution >= 0.6 is 35.0 Å². The van der Waals surface area contributed by atoms with Crippen LogP contribution in [0.1, 0.15) is 18.4 Å². The second kappa shape index (κ2) is 10.2. The van der Waals surface area contributed by atoms with E-state index in [-0.39, 0.29) is 11.8 Å². The van der Waals surface area contributed by atoms with Crippen LogP contribution in [0.2, 0.25) is 10.0 Å². The molecule has 0 spiro atoms. The van der Waals surface area contributed by atoms with E-state index in [0.717, 1.165) is 15.5 Å². The van der Waals surface area contributed by atoms with Crippen molar-refractivity contribution in [2.45, 2.75) is 22.6 Å². The Labute approximate surface area is 189 Å². The minimum absolute atomic E-state index is 0.168. The molecule has 0 radical (unpaired) electrons. The molecular weight excluding hydrogens is 445 g/mol. The maximum absolute atomic E-state index is 12.4. The number of ether oxygens (including phenoxy) is 1. The van der Waals surface area contributed by atoms with Crippen LogP contribution in [0.15, 0.2) is 52.3 Å². The molecule has 1 amide bonds. The van der Waals surface area contributed by atoms with Gasteiger partial charge in [0.2, 0.25) is 5.91 Å². The predicted molar refractivity (Wildman–Crippen MR) is 120 cm³/mol. The van der Waals surface area contributed by atoms with Crippen LogP contribution in [0.25, 0.3) is 6.08 Å². The Balaban J connectivity index is 1.69. The molecule has 2 aromatic carbocycles. The van der Waals surface area contributed by atoms with E-state index in [9.17, 15) is 9.59 Å². The standard InChI is InChI=1S/C22H21Cl2NO4S/c1-29-16-4-2-3-5-17(16)30-18-8-6-14(20(23)21(18)24)7-9-19(26)25-12-10-15(11-13-25)22(27)28/h2-9,15H,10-13H2,1H3,(H,27,28)/b9-7+. The first-order valence-electron chi connectivity index (χ1n) is 9.39. The summed E-state index contributed by atoms with van der Waals surface area (Å²) in [6.45, 7) is 0.867. The fraction of sp³-hybridized carbons (Fsp3) is 0.273. The number of hydrogen-bond donors (Lipinski definition) is 1. The zero-order chi connectivity index (χ0) is 21.7. The summed E-state index contributed by atoms with van der Waals surface area (Å²) in [7, 11) is 1.61. The molecule has 1 N–H and O–H groups in total. The van der Waals surface area contributed by atoms with E-state index in [1.54, 1.807) is 18.1 Å². The average molecular weight is 466 g/mol. The van der Waals surface area contributed by atoms with E-state index in [1.807, 2.05) is 36.4 Å². The van der Waals surface area contributed by atoms with E-state index in [1.165, 1.54) is 17.8 Å². The van der Waals surface area contributed by atoms with Gasteiger partial charge in [-0.15, -0.1) is 0 Å². The van der Waals surface area contributed by atoms with E-state index in [2.05, 4.69) is 0 Å². The number of piperidine rings is 1. The van der Waals surface area contributed by atoms with E-state index in [0.29, 0.717) is 41.5 Å². The number of carbonyl (C=O) groups excluding carboxylic acids is 1. The predicted octanol–water partition coefficient (Wildman–Crippen LogP) is 5.49. The smallest absolute Gasteiger partial charge is 0.306 e. The van der Waals surface area contributed by atoms with Gasteiger partial charge in [0.05, 0.1) is 28.0 Å². The molecule has 8 heteroatoms. The lowest BCUT2D eigenvalue weighted by Crippen LogP contribution is -2.39. The van der Waals surface area contributed by atoms with Crippen molar-refractivity contribution in [3.8, 4) is 5.75 Å². The minimum atomic E-state index is -0.801. The fourth-order valence-electron chi connectivity index (χ4n) is 3.19. The summed E-state index contributed by atoms with van der Waals surface area (Å²) in [5.41, 5.74) is 0.639. The molecule has 5 nitrogen and oxygen atoms in total. The number of carboxylic acids is 1. The number of hydrogen-bond acceptors (Lipinski definition) is 4. The van der Waals surface area contributed by atoms with Crippen molar-refractivity contribution in [2.24, 2.45) is 5.92 Å².